The number of carbonyl (C=O) groups is 1. The van der Waals surface area contributed by atoms with Gasteiger partial charge in [-0.2, -0.15) is 0 Å². The maximum atomic E-state index is 12.9. The third kappa shape index (κ3) is 3.95. The summed E-state index contributed by atoms with van der Waals surface area (Å²) >= 11 is 0. The zero-order chi connectivity index (χ0) is 16.8. The van der Waals surface area contributed by atoms with E-state index in [4.69, 9.17) is 10.5 Å². The topological polar surface area (TPSA) is 64.3 Å². The Balaban J connectivity index is 1.77. The van der Waals surface area contributed by atoms with Gasteiger partial charge in [-0.25, -0.2) is 0 Å². The van der Waals surface area contributed by atoms with Gasteiger partial charge in [0.2, 0.25) is 6.10 Å². The van der Waals surface area contributed by atoms with Crippen LogP contribution in [0.3, 0.4) is 0 Å². The monoisotopic (exact) mass is 324 g/mol. The number of hydrogen-bond acceptors (Lipinski definition) is 3. The molecule has 3 N–H and O–H groups in total. The van der Waals surface area contributed by atoms with E-state index < -0.39 is 6.10 Å². The molecule has 0 bridgehead atoms. The van der Waals surface area contributed by atoms with Crippen LogP contribution in [-0.2, 0) is 4.79 Å². The van der Waals surface area contributed by atoms with E-state index in [9.17, 15) is 4.79 Å². The molecule has 126 valence electrons. The molecular weight excluding hydrogens is 300 g/mol. The quantitative estimate of drug-likeness (QED) is 0.858. The summed E-state index contributed by atoms with van der Waals surface area (Å²) < 4.78 is 6.00. The van der Waals surface area contributed by atoms with E-state index in [2.05, 4.69) is 5.32 Å². The van der Waals surface area contributed by atoms with Crippen molar-refractivity contribution in [2.24, 2.45) is 11.7 Å². The number of ether oxygens (including phenoxy) is 1. The molecule has 1 aliphatic rings. The lowest BCUT2D eigenvalue weighted by Gasteiger charge is -2.24. The Morgan fingerprint density at radius 1 is 1.08 bits per heavy atom. The number of nitrogens with two attached hydrogens (primary N) is 1. The highest BCUT2D eigenvalue weighted by molar-refractivity contribution is 5.83. The fourth-order valence-corrected chi connectivity index (χ4v) is 3.30. The molecular formula is C20H24N2O2. The van der Waals surface area contributed by atoms with E-state index >= 15 is 0 Å². The van der Waals surface area contributed by atoms with Crippen LogP contribution in [0.25, 0.3) is 0 Å². The zero-order valence-corrected chi connectivity index (χ0v) is 13.7. The Hall–Kier alpha value is -2.33. The van der Waals surface area contributed by atoms with Gasteiger partial charge in [0, 0.05) is 11.6 Å². The molecule has 0 spiro atoms. The number of carbonyl (C=O) groups excluding carboxylic acids is 1. The maximum absolute atomic E-state index is 12.9. The predicted octanol–water partition coefficient (Wildman–Crippen LogP) is 3.05. The van der Waals surface area contributed by atoms with Crippen molar-refractivity contribution in [3.05, 3.63) is 66.2 Å². The van der Waals surface area contributed by atoms with E-state index in [1.807, 2.05) is 60.7 Å². The first-order valence-electron chi connectivity index (χ1n) is 8.55. The Bertz CT molecular complexity index is 645. The molecule has 0 aromatic heterocycles. The van der Waals surface area contributed by atoms with Crippen molar-refractivity contribution in [2.75, 3.05) is 6.54 Å². The van der Waals surface area contributed by atoms with E-state index in [0.29, 0.717) is 18.2 Å². The van der Waals surface area contributed by atoms with Gasteiger partial charge >= 0.3 is 0 Å². The van der Waals surface area contributed by atoms with E-state index in [-0.39, 0.29) is 11.9 Å². The molecule has 3 unspecified atom stereocenters. The Morgan fingerprint density at radius 3 is 2.42 bits per heavy atom. The fraction of sp³-hybridized carbons (Fsp3) is 0.350. The molecule has 0 saturated heterocycles. The van der Waals surface area contributed by atoms with Gasteiger partial charge < -0.3 is 15.8 Å². The van der Waals surface area contributed by atoms with Crippen LogP contribution in [0, 0.1) is 5.92 Å². The van der Waals surface area contributed by atoms with Crippen molar-refractivity contribution in [1.29, 1.82) is 0 Å². The summed E-state index contributed by atoms with van der Waals surface area (Å²) in [5.74, 6) is 0.945. The number of rotatable bonds is 6. The van der Waals surface area contributed by atoms with Crippen molar-refractivity contribution in [3.8, 4) is 5.75 Å². The van der Waals surface area contributed by atoms with Crippen molar-refractivity contribution in [2.45, 2.75) is 31.4 Å². The summed E-state index contributed by atoms with van der Waals surface area (Å²) in [6.07, 6.45) is 2.52. The average molecular weight is 324 g/mol. The highest BCUT2D eigenvalue weighted by Crippen LogP contribution is 2.27. The van der Waals surface area contributed by atoms with Gasteiger partial charge in [0.25, 0.3) is 5.91 Å². The molecule has 1 amide bonds. The van der Waals surface area contributed by atoms with Crippen LogP contribution in [0.15, 0.2) is 60.7 Å². The lowest BCUT2D eigenvalue weighted by atomic mass is 10.0. The second kappa shape index (κ2) is 7.97. The van der Waals surface area contributed by atoms with E-state index in [1.54, 1.807) is 0 Å². The van der Waals surface area contributed by atoms with Gasteiger partial charge in [-0.05, 0) is 37.4 Å². The molecule has 1 aliphatic carbocycles. The van der Waals surface area contributed by atoms with Gasteiger partial charge in [0.05, 0.1) is 0 Å². The van der Waals surface area contributed by atoms with Crippen molar-refractivity contribution in [3.63, 3.8) is 0 Å². The highest BCUT2D eigenvalue weighted by atomic mass is 16.5. The molecule has 1 fully saturated rings. The predicted molar refractivity (Wildman–Crippen MR) is 94.6 cm³/mol. The van der Waals surface area contributed by atoms with Crippen LogP contribution in [0.4, 0.5) is 0 Å². The first-order valence-corrected chi connectivity index (χ1v) is 8.55. The van der Waals surface area contributed by atoms with Gasteiger partial charge in [0.1, 0.15) is 5.75 Å². The minimum Gasteiger partial charge on any atom is -0.476 e. The average Bonchev–Trinajstić information content (AvgIpc) is 3.08. The van der Waals surface area contributed by atoms with Crippen molar-refractivity contribution in [1.82, 2.24) is 5.32 Å². The third-order valence-electron chi connectivity index (χ3n) is 4.63. The third-order valence-corrected chi connectivity index (χ3v) is 4.63. The van der Waals surface area contributed by atoms with Gasteiger partial charge in [0.15, 0.2) is 0 Å². The second-order valence-electron chi connectivity index (χ2n) is 6.26. The van der Waals surface area contributed by atoms with Crippen molar-refractivity contribution >= 4 is 5.91 Å². The molecule has 0 radical (unpaired) electrons. The lowest BCUT2D eigenvalue weighted by Crippen LogP contribution is -2.43. The number of para-hydroxylation sites is 1. The van der Waals surface area contributed by atoms with Gasteiger partial charge in [-0.3, -0.25) is 4.79 Å². The summed E-state index contributed by atoms with van der Waals surface area (Å²) in [6, 6.07) is 19.2. The van der Waals surface area contributed by atoms with Crippen LogP contribution >= 0.6 is 0 Å². The molecule has 2 aromatic carbocycles. The number of amides is 1. The van der Waals surface area contributed by atoms with Gasteiger partial charge in [-0.1, -0.05) is 55.0 Å². The molecule has 0 aliphatic heterocycles. The number of hydrogen-bond donors (Lipinski definition) is 2. The summed E-state index contributed by atoms with van der Waals surface area (Å²) in [5.41, 5.74) is 6.68. The molecule has 24 heavy (non-hydrogen) atoms. The molecule has 0 heterocycles. The first-order chi connectivity index (χ1) is 11.8. The summed E-state index contributed by atoms with van der Waals surface area (Å²) in [7, 11) is 0. The number of benzene rings is 2. The second-order valence-corrected chi connectivity index (χ2v) is 6.26. The standard InChI is InChI=1S/C20H24N2O2/c21-14-16-10-7-13-18(16)22-20(23)19(15-8-3-1-4-9-15)24-17-11-5-2-6-12-17/h1-6,8-9,11-12,16,18-19H,7,10,13-14,21H2,(H,22,23). The summed E-state index contributed by atoms with van der Waals surface area (Å²) in [5, 5.41) is 3.15. The Morgan fingerprint density at radius 2 is 1.75 bits per heavy atom. The molecule has 2 aromatic rings. The van der Waals surface area contributed by atoms with Crippen LogP contribution < -0.4 is 15.8 Å². The zero-order valence-electron chi connectivity index (χ0n) is 13.7. The molecule has 3 atom stereocenters. The molecule has 4 heteroatoms. The van der Waals surface area contributed by atoms with E-state index in [0.717, 1.165) is 24.8 Å². The molecule has 1 saturated carbocycles. The van der Waals surface area contributed by atoms with E-state index in [1.165, 1.54) is 0 Å². The van der Waals surface area contributed by atoms with Crippen molar-refractivity contribution < 1.29 is 9.53 Å². The summed E-state index contributed by atoms with van der Waals surface area (Å²) in [6.45, 7) is 0.612. The Labute approximate surface area is 143 Å². The van der Waals surface area contributed by atoms with Crippen LogP contribution in [0.2, 0.25) is 0 Å². The normalized spacial score (nSPS) is 21.2. The van der Waals surface area contributed by atoms with Crippen LogP contribution in [0.5, 0.6) is 5.75 Å². The molecule has 4 nitrogen and oxygen atoms in total. The fourth-order valence-electron chi connectivity index (χ4n) is 3.30. The van der Waals surface area contributed by atoms with Crippen LogP contribution in [0.1, 0.15) is 30.9 Å². The lowest BCUT2D eigenvalue weighted by molar-refractivity contribution is -0.129. The largest absolute Gasteiger partial charge is 0.476 e. The molecule has 3 rings (SSSR count). The minimum atomic E-state index is -0.660. The smallest absolute Gasteiger partial charge is 0.266 e. The Kier molecular flexibility index (Phi) is 5.49. The van der Waals surface area contributed by atoms with Gasteiger partial charge in [-0.15, -0.1) is 0 Å². The minimum absolute atomic E-state index is 0.101. The highest BCUT2D eigenvalue weighted by Gasteiger charge is 2.31. The van der Waals surface area contributed by atoms with Crippen LogP contribution in [-0.4, -0.2) is 18.5 Å². The SMILES string of the molecule is NCC1CCCC1NC(=O)C(Oc1ccccc1)c1ccccc1. The summed E-state index contributed by atoms with van der Waals surface area (Å²) in [4.78, 5) is 12.9. The number of nitrogens with one attached hydrogen (secondary N) is 1. The maximum Gasteiger partial charge on any atom is 0.266 e. The first kappa shape index (κ1) is 16.5.